The maximum atomic E-state index is 12.3. The fourth-order valence-electron chi connectivity index (χ4n) is 2.62. The summed E-state index contributed by atoms with van der Waals surface area (Å²) in [5.41, 5.74) is 2.08. The molecule has 0 N–H and O–H groups in total. The zero-order valence-electron chi connectivity index (χ0n) is 12.9. The average molecular weight is 286 g/mol. The number of amides is 1. The summed E-state index contributed by atoms with van der Waals surface area (Å²) >= 11 is 0. The van der Waals surface area contributed by atoms with E-state index in [4.69, 9.17) is 0 Å². The van der Waals surface area contributed by atoms with E-state index in [0.29, 0.717) is 19.1 Å². The Morgan fingerprint density at radius 1 is 1.33 bits per heavy atom. The smallest absolute Gasteiger partial charge is 0.236 e. The van der Waals surface area contributed by atoms with Gasteiger partial charge in [-0.1, -0.05) is 12.1 Å². The monoisotopic (exact) mass is 286 g/mol. The zero-order valence-corrected chi connectivity index (χ0v) is 12.9. The summed E-state index contributed by atoms with van der Waals surface area (Å²) in [4.78, 5) is 20.8. The van der Waals surface area contributed by atoms with Gasteiger partial charge in [-0.2, -0.15) is 0 Å². The number of aromatic nitrogens is 2. The van der Waals surface area contributed by atoms with Crippen LogP contribution in [0.25, 0.3) is 11.0 Å². The molecule has 0 atom stereocenters. The molecule has 1 aromatic carbocycles. The highest BCUT2D eigenvalue weighted by Crippen LogP contribution is 2.25. The van der Waals surface area contributed by atoms with E-state index in [1.807, 2.05) is 39.3 Å². The highest BCUT2D eigenvalue weighted by Gasteiger charge is 2.28. The third kappa shape index (κ3) is 2.93. The van der Waals surface area contributed by atoms with Crippen LogP contribution < -0.4 is 0 Å². The van der Waals surface area contributed by atoms with Gasteiger partial charge in [0.05, 0.1) is 24.1 Å². The number of benzene rings is 1. The molecule has 21 heavy (non-hydrogen) atoms. The first-order valence-electron chi connectivity index (χ1n) is 7.41. The number of imidazole rings is 1. The van der Waals surface area contributed by atoms with Crippen LogP contribution in [0.3, 0.4) is 0 Å². The molecule has 0 unspecified atom stereocenters. The number of nitrogens with zero attached hydrogens (tertiary/aromatic N) is 4. The van der Waals surface area contributed by atoms with Crippen LogP contribution in [-0.4, -0.2) is 51.9 Å². The predicted molar refractivity (Wildman–Crippen MR) is 82.8 cm³/mol. The summed E-state index contributed by atoms with van der Waals surface area (Å²) in [7, 11) is 5.88. The van der Waals surface area contributed by atoms with Gasteiger partial charge in [0.15, 0.2) is 0 Å². The van der Waals surface area contributed by atoms with Crippen LogP contribution in [0.4, 0.5) is 0 Å². The average Bonchev–Trinajstić information content (AvgIpc) is 3.26. The highest BCUT2D eigenvalue weighted by atomic mass is 16.2. The van der Waals surface area contributed by atoms with Crippen molar-refractivity contribution in [2.24, 2.45) is 7.05 Å². The number of carbonyl (C=O) groups is 1. The van der Waals surface area contributed by atoms with Gasteiger partial charge < -0.3 is 9.47 Å². The van der Waals surface area contributed by atoms with Crippen LogP contribution in [0.15, 0.2) is 24.3 Å². The van der Waals surface area contributed by atoms with Gasteiger partial charge in [0.1, 0.15) is 5.82 Å². The van der Waals surface area contributed by atoms with Gasteiger partial charge in [-0.05, 0) is 32.0 Å². The molecule has 0 spiro atoms. The van der Waals surface area contributed by atoms with E-state index < -0.39 is 0 Å². The summed E-state index contributed by atoms with van der Waals surface area (Å²) in [5, 5.41) is 0. The molecule has 1 saturated carbocycles. The van der Waals surface area contributed by atoms with Crippen molar-refractivity contribution in [1.82, 2.24) is 19.4 Å². The van der Waals surface area contributed by atoms with Gasteiger partial charge in [0, 0.05) is 20.1 Å². The fraction of sp³-hybridized carbons (Fsp3) is 0.500. The summed E-state index contributed by atoms with van der Waals surface area (Å²) in [6.45, 7) is 1.04. The lowest BCUT2D eigenvalue weighted by atomic mass is 10.3. The van der Waals surface area contributed by atoms with Crippen LogP contribution in [0.1, 0.15) is 18.7 Å². The molecule has 1 fully saturated rings. The quantitative estimate of drug-likeness (QED) is 0.839. The summed E-state index contributed by atoms with van der Waals surface area (Å²) in [6.07, 6.45) is 2.44. The Labute approximate surface area is 125 Å². The molecular formula is C16H22N4O. The first-order chi connectivity index (χ1) is 10.1. The van der Waals surface area contributed by atoms with Gasteiger partial charge in [-0.3, -0.25) is 9.69 Å². The number of likely N-dealkylation sites (N-methyl/N-ethyl adjacent to an activating group) is 2. The maximum absolute atomic E-state index is 12.3. The van der Waals surface area contributed by atoms with E-state index in [1.165, 1.54) is 12.8 Å². The number of hydrogen-bond acceptors (Lipinski definition) is 3. The Bertz CT molecular complexity index is 659. The van der Waals surface area contributed by atoms with Gasteiger partial charge >= 0.3 is 0 Å². The predicted octanol–water partition coefficient (Wildman–Crippen LogP) is 1.63. The molecular weight excluding hydrogens is 264 g/mol. The van der Waals surface area contributed by atoms with Crippen molar-refractivity contribution in [2.75, 3.05) is 20.6 Å². The van der Waals surface area contributed by atoms with Gasteiger partial charge in [0.25, 0.3) is 0 Å². The molecule has 1 aliphatic rings. The molecule has 1 aromatic heterocycles. The van der Waals surface area contributed by atoms with Crippen molar-refractivity contribution >= 4 is 16.9 Å². The molecule has 1 amide bonds. The third-order valence-corrected chi connectivity index (χ3v) is 4.24. The number of hydrogen-bond donors (Lipinski definition) is 0. The van der Waals surface area contributed by atoms with E-state index in [9.17, 15) is 4.79 Å². The van der Waals surface area contributed by atoms with Crippen molar-refractivity contribution < 1.29 is 4.79 Å². The summed E-state index contributed by atoms with van der Waals surface area (Å²) in [6, 6.07) is 8.65. The topological polar surface area (TPSA) is 41.4 Å². The second-order valence-electron chi connectivity index (χ2n) is 5.97. The lowest BCUT2D eigenvalue weighted by molar-refractivity contribution is -0.131. The highest BCUT2D eigenvalue weighted by molar-refractivity contribution is 5.78. The van der Waals surface area contributed by atoms with Gasteiger partial charge in [-0.15, -0.1) is 0 Å². The van der Waals surface area contributed by atoms with Crippen molar-refractivity contribution in [1.29, 1.82) is 0 Å². The minimum atomic E-state index is 0.149. The standard InChI is InChI=1S/C16H22N4O/c1-18(12-8-9-12)11-16(21)19(2)10-15-17-13-6-4-5-7-14(13)20(15)3/h4-7,12H,8-11H2,1-3H3. The lowest BCUT2D eigenvalue weighted by Gasteiger charge is -2.21. The van der Waals surface area contributed by atoms with Crippen molar-refractivity contribution in [3.05, 3.63) is 30.1 Å². The van der Waals surface area contributed by atoms with Crippen LogP contribution >= 0.6 is 0 Å². The number of rotatable bonds is 5. The summed E-state index contributed by atoms with van der Waals surface area (Å²) < 4.78 is 2.06. The molecule has 112 valence electrons. The molecule has 0 saturated heterocycles. The second-order valence-corrected chi connectivity index (χ2v) is 5.97. The van der Waals surface area contributed by atoms with E-state index in [2.05, 4.69) is 20.5 Å². The number of fused-ring (bicyclic) bond motifs is 1. The zero-order chi connectivity index (χ0) is 15.0. The lowest BCUT2D eigenvalue weighted by Crippen LogP contribution is -2.37. The molecule has 1 heterocycles. The Morgan fingerprint density at radius 2 is 2.05 bits per heavy atom. The largest absolute Gasteiger partial charge is 0.337 e. The molecule has 1 aliphatic carbocycles. The molecule has 5 nitrogen and oxygen atoms in total. The Balaban J connectivity index is 1.69. The van der Waals surface area contributed by atoms with Crippen LogP contribution in [0.2, 0.25) is 0 Å². The number of para-hydroxylation sites is 2. The molecule has 3 rings (SSSR count). The Morgan fingerprint density at radius 3 is 2.71 bits per heavy atom. The molecule has 2 aromatic rings. The Hall–Kier alpha value is -1.88. The van der Waals surface area contributed by atoms with E-state index in [0.717, 1.165) is 16.9 Å². The second kappa shape index (κ2) is 5.48. The molecule has 0 radical (unpaired) electrons. The third-order valence-electron chi connectivity index (χ3n) is 4.24. The Kier molecular flexibility index (Phi) is 3.68. The van der Waals surface area contributed by atoms with E-state index in [1.54, 1.807) is 4.90 Å². The minimum Gasteiger partial charge on any atom is -0.337 e. The van der Waals surface area contributed by atoms with Crippen LogP contribution in [0, 0.1) is 0 Å². The molecule has 0 aliphatic heterocycles. The van der Waals surface area contributed by atoms with E-state index >= 15 is 0 Å². The molecule has 0 bridgehead atoms. The van der Waals surface area contributed by atoms with Gasteiger partial charge in [0.2, 0.25) is 5.91 Å². The number of aryl methyl sites for hydroxylation is 1. The fourth-order valence-corrected chi connectivity index (χ4v) is 2.62. The normalized spacial score (nSPS) is 14.9. The van der Waals surface area contributed by atoms with Gasteiger partial charge in [-0.25, -0.2) is 4.98 Å². The van der Waals surface area contributed by atoms with Crippen LogP contribution in [-0.2, 0) is 18.4 Å². The van der Waals surface area contributed by atoms with Crippen LogP contribution in [0.5, 0.6) is 0 Å². The summed E-state index contributed by atoms with van der Waals surface area (Å²) in [5.74, 6) is 1.07. The maximum Gasteiger partial charge on any atom is 0.236 e. The van der Waals surface area contributed by atoms with Crippen molar-refractivity contribution in [3.63, 3.8) is 0 Å². The first kappa shape index (κ1) is 14.1. The van der Waals surface area contributed by atoms with Crippen molar-refractivity contribution in [3.8, 4) is 0 Å². The van der Waals surface area contributed by atoms with E-state index in [-0.39, 0.29) is 5.91 Å². The SMILES string of the molecule is CN(Cc1nc2ccccc2n1C)C(=O)CN(C)C1CC1. The molecule has 5 heteroatoms. The number of carbonyl (C=O) groups excluding carboxylic acids is 1. The van der Waals surface area contributed by atoms with Crippen molar-refractivity contribution in [2.45, 2.75) is 25.4 Å². The minimum absolute atomic E-state index is 0.149. The first-order valence-corrected chi connectivity index (χ1v) is 7.41.